The first-order valence-corrected chi connectivity index (χ1v) is 8.35. The van der Waals surface area contributed by atoms with E-state index in [1.807, 2.05) is 13.8 Å². The second kappa shape index (κ2) is 4.46. The second-order valence-electron chi connectivity index (χ2n) is 7.96. The van der Waals surface area contributed by atoms with Gasteiger partial charge in [0.2, 0.25) is 0 Å². The first kappa shape index (κ1) is 13.9. The molecule has 0 saturated heterocycles. The van der Waals surface area contributed by atoms with E-state index in [4.69, 9.17) is 0 Å². The largest absolute Gasteiger partial charge is 0.390 e. The van der Waals surface area contributed by atoms with Crippen molar-refractivity contribution in [1.82, 2.24) is 0 Å². The van der Waals surface area contributed by atoms with Crippen LogP contribution in [0.5, 0.6) is 0 Å². The van der Waals surface area contributed by atoms with Gasteiger partial charge in [0.1, 0.15) is 0 Å². The van der Waals surface area contributed by atoms with Crippen molar-refractivity contribution < 1.29 is 10.2 Å². The third-order valence-electron chi connectivity index (χ3n) is 6.88. The minimum Gasteiger partial charge on any atom is -0.390 e. The predicted octanol–water partition coefficient (Wildman–Crippen LogP) is 3.65. The molecule has 0 heterocycles. The van der Waals surface area contributed by atoms with Gasteiger partial charge < -0.3 is 10.2 Å². The van der Waals surface area contributed by atoms with Gasteiger partial charge >= 0.3 is 0 Å². The van der Waals surface area contributed by atoms with Gasteiger partial charge in [-0.15, -0.1) is 0 Å². The molecule has 3 fully saturated rings. The third-order valence-corrected chi connectivity index (χ3v) is 6.88. The standard InChI is InChI=1S/C17H30O2/c1-15(2,18)16-10-5-6-11-17(16,19)14-8-4-3-7-13(14)9-12-16/h13-14,18-19H,3-12H2,1-2H3. The van der Waals surface area contributed by atoms with E-state index in [0.29, 0.717) is 11.8 Å². The number of hydrogen-bond acceptors (Lipinski definition) is 2. The van der Waals surface area contributed by atoms with E-state index in [9.17, 15) is 10.2 Å². The molecule has 3 saturated carbocycles. The van der Waals surface area contributed by atoms with Crippen LogP contribution in [0.3, 0.4) is 0 Å². The minimum atomic E-state index is -0.759. The summed E-state index contributed by atoms with van der Waals surface area (Å²) in [6.45, 7) is 3.87. The van der Waals surface area contributed by atoms with Crippen LogP contribution >= 0.6 is 0 Å². The van der Waals surface area contributed by atoms with Crippen molar-refractivity contribution >= 4 is 0 Å². The highest BCUT2D eigenvalue weighted by Gasteiger charge is 2.65. The quantitative estimate of drug-likeness (QED) is 0.760. The summed E-state index contributed by atoms with van der Waals surface area (Å²) in [6, 6.07) is 0. The molecule has 2 nitrogen and oxygen atoms in total. The van der Waals surface area contributed by atoms with Crippen LogP contribution in [0.4, 0.5) is 0 Å². The molecule has 2 heteroatoms. The van der Waals surface area contributed by atoms with Gasteiger partial charge in [0.15, 0.2) is 0 Å². The molecule has 0 amide bonds. The van der Waals surface area contributed by atoms with E-state index in [-0.39, 0.29) is 5.41 Å². The summed E-state index contributed by atoms with van der Waals surface area (Å²) >= 11 is 0. The lowest BCUT2D eigenvalue weighted by molar-refractivity contribution is -0.261. The highest BCUT2D eigenvalue weighted by atomic mass is 16.3. The molecule has 0 spiro atoms. The van der Waals surface area contributed by atoms with E-state index < -0.39 is 11.2 Å². The minimum absolute atomic E-state index is 0.253. The van der Waals surface area contributed by atoms with Crippen LogP contribution in [0.15, 0.2) is 0 Å². The van der Waals surface area contributed by atoms with E-state index >= 15 is 0 Å². The van der Waals surface area contributed by atoms with Crippen LogP contribution in [-0.4, -0.2) is 21.4 Å². The van der Waals surface area contributed by atoms with Crippen molar-refractivity contribution in [2.24, 2.45) is 17.3 Å². The van der Waals surface area contributed by atoms with Crippen molar-refractivity contribution in [2.75, 3.05) is 0 Å². The van der Waals surface area contributed by atoms with Crippen LogP contribution in [-0.2, 0) is 0 Å². The SMILES string of the molecule is CC(C)(O)C12CCCCC1(O)C1CCCCC1CC2. The zero-order valence-electron chi connectivity index (χ0n) is 12.6. The van der Waals surface area contributed by atoms with Crippen molar-refractivity contribution in [1.29, 1.82) is 0 Å². The van der Waals surface area contributed by atoms with Gasteiger partial charge in [-0.1, -0.05) is 32.1 Å². The number of rotatable bonds is 1. The smallest absolute Gasteiger partial charge is 0.0761 e. The maximum absolute atomic E-state index is 11.6. The monoisotopic (exact) mass is 266 g/mol. The highest BCUT2D eigenvalue weighted by Crippen LogP contribution is 2.63. The van der Waals surface area contributed by atoms with Gasteiger partial charge in [0.25, 0.3) is 0 Å². The molecule has 0 aliphatic heterocycles. The summed E-state index contributed by atoms with van der Waals surface area (Å²) < 4.78 is 0. The zero-order valence-corrected chi connectivity index (χ0v) is 12.6. The molecular formula is C17H30O2. The normalized spacial score (nSPS) is 47.4. The molecule has 3 aliphatic rings. The molecule has 2 N–H and O–H groups in total. The molecule has 0 bridgehead atoms. The Labute approximate surface area is 117 Å². The zero-order chi connectivity index (χ0) is 13.7. The molecule has 110 valence electrons. The number of aliphatic hydroxyl groups is 2. The van der Waals surface area contributed by atoms with Gasteiger partial charge in [-0.05, 0) is 57.8 Å². The third kappa shape index (κ3) is 1.82. The van der Waals surface area contributed by atoms with E-state index in [1.165, 1.54) is 38.5 Å². The molecular weight excluding hydrogens is 236 g/mol. The van der Waals surface area contributed by atoms with Crippen LogP contribution in [0.2, 0.25) is 0 Å². The van der Waals surface area contributed by atoms with Crippen molar-refractivity contribution in [3.63, 3.8) is 0 Å². The summed E-state index contributed by atoms with van der Waals surface area (Å²) in [5.41, 5.74) is -1.62. The first-order chi connectivity index (χ1) is 8.91. The maximum Gasteiger partial charge on any atom is 0.0761 e. The lowest BCUT2D eigenvalue weighted by atomic mass is 9.44. The second-order valence-corrected chi connectivity index (χ2v) is 7.96. The molecule has 4 unspecified atom stereocenters. The fourth-order valence-electron chi connectivity index (χ4n) is 5.91. The van der Waals surface area contributed by atoms with Gasteiger partial charge in [0.05, 0.1) is 11.2 Å². The molecule has 0 radical (unpaired) electrons. The average molecular weight is 266 g/mol. The van der Waals surface area contributed by atoms with Crippen LogP contribution in [0, 0.1) is 17.3 Å². The molecule has 19 heavy (non-hydrogen) atoms. The summed E-state index contributed by atoms with van der Waals surface area (Å²) in [5, 5.41) is 22.4. The van der Waals surface area contributed by atoms with Crippen LogP contribution in [0.1, 0.15) is 78.1 Å². The van der Waals surface area contributed by atoms with Gasteiger partial charge in [-0.25, -0.2) is 0 Å². The first-order valence-electron chi connectivity index (χ1n) is 8.35. The van der Waals surface area contributed by atoms with Crippen molar-refractivity contribution in [2.45, 2.75) is 89.3 Å². The summed E-state index contributed by atoms with van der Waals surface area (Å²) in [4.78, 5) is 0. The van der Waals surface area contributed by atoms with Gasteiger partial charge in [0, 0.05) is 5.41 Å². The molecule has 3 rings (SSSR count). The van der Waals surface area contributed by atoms with Gasteiger partial charge in [-0.2, -0.15) is 0 Å². The molecule has 0 aromatic carbocycles. The molecule has 0 aromatic heterocycles. The van der Waals surface area contributed by atoms with E-state index in [1.54, 1.807) is 0 Å². The summed E-state index contributed by atoms with van der Waals surface area (Å²) in [7, 11) is 0. The van der Waals surface area contributed by atoms with Gasteiger partial charge in [-0.3, -0.25) is 0 Å². The molecule has 4 atom stereocenters. The molecule has 3 aliphatic carbocycles. The predicted molar refractivity (Wildman–Crippen MR) is 76.8 cm³/mol. The fourth-order valence-corrected chi connectivity index (χ4v) is 5.91. The fraction of sp³-hybridized carbons (Fsp3) is 1.00. The molecule has 0 aromatic rings. The Morgan fingerprint density at radius 2 is 1.58 bits per heavy atom. The topological polar surface area (TPSA) is 40.5 Å². The maximum atomic E-state index is 11.6. The Bertz CT molecular complexity index is 346. The highest BCUT2D eigenvalue weighted by molar-refractivity contribution is 5.15. The lowest BCUT2D eigenvalue weighted by Crippen LogP contribution is -2.67. The summed E-state index contributed by atoms with van der Waals surface area (Å²) in [5.74, 6) is 1.16. The van der Waals surface area contributed by atoms with E-state index in [0.717, 1.165) is 25.7 Å². The van der Waals surface area contributed by atoms with E-state index in [2.05, 4.69) is 0 Å². The Morgan fingerprint density at radius 3 is 2.32 bits per heavy atom. The Kier molecular flexibility index (Phi) is 3.26. The summed E-state index contributed by atoms with van der Waals surface area (Å²) in [6.07, 6.45) is 11.6. The lowest BCUT2D eigenvalue weighted by Gasteiger charge is -2.64. The Hall–Kier alpha value is -0.0800. The van der Waals surface area contributed by atoms with Crippen molar-refractivity contribution in [3.05, 3.63) is 0 Å². The number of fused-ring (bicyclic) bond motifs is 3. The Balaban J connectivity index is 2.01. The average Bonchev–Trinajstić information content (AvgIpc) is 2.37. The Morgan fingerprint density at radius 1 is 0.895 bits per heavy atom. The van der Waals surface area contributed by atoms with Crippen LogP contribution in [0.25, 0.3) is 0 Å². The number of hydrogen-bond donors (Lipinski definition) is 2. The van der Waals surface area contributed by atoms with Crippen LogP contribution < -0.4 is 0 Å². The van der Waals surface area contributed by atoms with Crippen molar-refractivity contribution in [3.8, 4) is 0 Å².